The van der Waals surface area contributed by atoms with E-state index in [-0.39, 0.29) is 73.1 Å². The minimum absolute atomic E-state index is 0.0346. The summed E-state index contributed by atoms with van der Waals surface area (Å²) >= 11 is 0. The summed E-state index contributed by atoms with van der Waals surface area (Å²) in [6, 6.07) is 17.4. The van der Waals surface area contributed by atoms with Crippen LogP contribution in [0.1, 0.15) is 41.4 Å². The van der Waals surface area contributed by atoms with Gasteiger partial charge in [0.05, 0.1) is 48.7 Å². The number of nitrogens with one attached hydrogen (secondary N) is 4. The molecule has 0 atom stereocenters. The quantitative estimate of drug-likeness (QED) is 0.105. The Balaban J connectivity index is 1.11. The van der Waals surface area contributed by atoms with Crippen LogP contribution in [0, 0.1) is 23.3 Å². The SMILES string of the molecule is O=C(NCCOCCOCCNC(=O)c1cccc(C(=O)Nc2ccc(F)cc2)c1F)c1cccc(C(=O)Nc2ccc(F)cc2)c1F. The van der Waals surface area contributed by atoms with Gasteiger partial charge in [-0.15, -0.1) is 0 Å². The molecule has 0 aliphatic heterocycles. The third kappa shape index (κ3) is 9.95. The van der Waals surface area contributed by atoms with E-state index in [4.69, 9.17) is 9.47 Å². The van der Waals surface area contributed by atoms with Crippen molar-refractivity contribution in [2.45, 2.75) is 0 Å². The molecule has 0 saturated heterocycles. The van der Waals surface area contributed by atoms with Crippen molar-refractivity contribution in [2.24, 2.45) is 0 Å². The molecule has 250 valence electrons. The second-order valence-corrected chi connectivity index (χ2v) is 9.99. The normalized spacial score (nSPS) is 10.7. The van der Waals surface area contributed by atoms with Crippen LogP contribution >= 0.6 is 0 Å². The van der Waals surface area contributed by atoms with E-state index >= 15 is 0 Å². The molecule has 0 radical (unpaired) electrons. The molecule has 0 aliphatic rings. The van der Waals surface area contributed by atoms with Gasteiger partial charge in [-0.3, -0.25) is 19.2 Å². The number of hydrogen-bond acceptors (Lipinski definition) is 6. The molecule has 0 unspecified atom stereocenters. The van der Waals surface area contributed by atoms with Gasteiger partial charge in [0.25, 0.3) is 23.6 Å². The van der Waals surface area contributed by atoms with Crippen molar-refractivity contribution in [3.05, 3.63) is 130 Å². The summed E-state index contributed by atoms with van der Waals surface area (Å²) in [5.41, 5.74) is -0.890. The first-order chi connectivity index (χ1) is 23.1. The van der Waals surface area contributed by atoms with Crippen LogP contribution in [0.15, 0.2) is 84.9 Å². The van der Waals surface area contributed by atoms with Gasteiger partial charge < -0.3 is 30.7 Å². The number of hydrogen-bond donors (Lipinski definition) is 4. The van der Waals surface area contributed by atoms with Crippen LogP contribution in [-0.4, -0.2) is 63.1 Å². The summed E-state index contributed by atoms with van der Waals surface area (Å²) in [4.78, 5) is 49.9. The predicted octanol–water partition coefficient (Wildman–Crippen LogP) is 4.94. The Kier molecular flexibility index (Phi) is 12.7. The second kappa shape index (κ2) is 17.4. The van der Waals surface area contributed by atoms with E-state index < -0.39 is 46.9 Å². The van der Waals surface area contributed by atoms with Gasteiger partial charge in [-0.05, 0) is 72.8 Å². The zero-order valence-corrected chi connectivity index (χ0v) is 25.3. The zero-order valence-electron chi connectivity index (χ0n) is 25.3. The molecule has 14 heteroatoms. The van der Waals surface area contributed by atoms with E-state index in [2.05, 4.69) is 21.3 Å². The van der Waals surface area contributed by atoms with Crippen molar-refractivity contribution in [1.29, 1.82) is 0 Å². The van der Waals surface area contributed by atoms with Gasteiger partial charge in [0.15, 0.2) is 0 Å². The third-order valence-electron chi connectivity index (χ3n) is 6.62. The van der Waals surface area contributed by atoms with Gasteiger partial charge in [0.2, 0.25) is 0 Å². The van der Waals surface area contributed by atoms with E-state index in [1.807, 2.05) is 0 Å². The van der Waals surface area contributed by atoms with Gasteiger partial charge >= 0.3 is 0 Å². The number of ether oxygens (including phenoxy) is 2. The Morgan fingerprint density at radius 3 is 1.15 bits per heavy atom. The molecule has 0 fully saturated rings. The minimum Gasteiger partial charge on any atom is -0.377 e. The summed E-state index contributed by atoms with van der Waals surface area (Å²) < 4.78 is 66.7. The Morgan fingerprint density at radius 1 is 0.458 bits per heavy atom. The highest BCUT2D eigenvalue weighted by Gasteiger charge is 2.20. The molecule has 0 saturated carbocycles. The Hall–Kier alpha value is -5.60. The fourth-order valence-electron chi connectivity index (χ4n) is 4.21. The lowest BCUT2D eigenvalue weighted by molar-refractivity contribution is 0.0485. The first kappa shape index (κ1) is 35.3. The molecule has 10 nitrogen and oxygen atoms in total. The highest BCUT2D eigenvalue weighted by atomic mass is 19.1. The average Bonchev–Trinajstić information content (AvgIpc) is 3.07. The largest absolute Gasteiger partial charge is 0.377 e. The van der Waals surface area contributed by atoms with Gasteiger partial charge in [-0.1, -0.05) is 12.1 Å². The van der Waals surface area contributed by atoms with Crippen LogP contribution < -0.4 is 21.3 Å². The molecule has 4 aromatic rings. The zero-order chi connectivity index (χ0) is 34.5. The highest BCUT2D eigenvalue weighted by molar-refractivity contribution is 6.07. The number of amides is 4. The average molecular weight is 667 g/mol. The number of rotatable bonds is 15. The maximum atomic E-state index is 14.9. The smallest absolute Gasteiger partial charge is 0.258 e. The summed E-state index contributed by atoms with van der Waals surface area (Å²) in [7, 11) is 0. The molecule has 4 rings (SSSR count). The summed E-state index contributed by atoms with van der Waals surface area (Å²) in [5.74, 6) is -6.14. The molecule has 48 heavy (non-hydrogen) atoms. The van der Waals surface area contributed by atoms with E-state index in [1.54, 1.807) is 0 Å². The summed E-state index contributed by atoms with van der Waals surface area (Å²) in [6.07, 6.45) is 0. The lowest BCUT2D eigenvalue weighted by Crippen LogP contribution is -2.30. The molecule has 0 aromatic heterocycles. The maximum absolute atomic E-state index is 14.9. The van der Waals surface area contributed by atoms with Crippen molar-refractivity contribution in [1.82, 2.24) is 10.6 Å². The van der Waals surface area contributed by atoms with Gasteiger partial charge in [-0.25, -0.2) is 17.6 Å². The molecular formula is C34H30F4N4O6. The van der Waals surface area contributed by atoms with Crippen LogP contribution in [0.25, 0.3) is 0 Å². The number of benzene rings is 4. The van der Waals surface area contributed by atoms with Crippen LogP contribution in [-0.2, 0) is 9.47 Å². The van der Waals surface area contributed by atoms with Crippen molar-refractivity contribution in [3.8, 4) is 0 Å². The van der Waals surface area contributed by atoms with E-state index in [9.17, 15) is 36.7 Å². The molecular weight excluding hydrogens is 636 g/mol. The number of halogens is 4. The first-order valence-corrected chi connectivity index (χ1v) is 14.6. The van der Waals surface area contributed by atoms with Gasteiger partial charge in [0, 0.05) is 24.5 Å². The second-order valence-electron chi connectivity index (χ2n) is 9.99. The van der Waals surface area contributed by atoms with Crippen molar-refractivity contribution in [2.75, 3.05) is 50.2 Å². The van der Waals surface area contributed by atoms with Crippen LogP contribution in [0.3, 0.4) is 0 Å². The lowest BCUT2D eigenvalue weighted by atomic mass is 10.1. The lowest BCUT2D eigenvalue weighted by Gasteiger charge is -2.11. The number of carbonyl (C=O) groups is 4. The van der Waals surface area contributed by atoms with Crippen molar-refractivity contribution < 1.29 is 46.2 Å². The van der Waals surface area contributed by atoms with Crippen molar-refractivity contribution in [3.63, 3.8) is 0 Å². The third-order valence-corrected chi connectivity index (χ3v) is 6.62. The van der Waals surface area contributed by atoms with Gasteiger partial charge in [-0.2, -0.15) is 0 Å². The molecule has 4 aromatic carbocycles. The first-order valence-electron chi connectivity index (χ1n) is 14.6. The standard InChI is InChI=1S/C34H30F4N4O6/c35-21-7-11-23(12-8-21)41-33(45)27-5-1-3-25(29(27)37)31(43)39-15-17-47-19-20-48-18-16-40-32(44)26-4-2-6-28(30(26)38)34(46)42-24-13-9-22(36)10-14-24/h1-14H,15-20H2,(H,39,43)(H,40,44)(H,41,45)(H,42,46). The van der Waals surface area contributed by atoms with Crippen LogP contribution in [0.2, 0.25) is 0 Å². The monoisotopic (exact) mass is 666 g/mol. The highest BCUT2D eigenvalue weighted by Crippen LogP contribution is 2.18. The summed E-state index contributed by atoms with van der Waals surface area (Å²) in [6.45, 7) is 0.485. The number of carbonyl (C=O) groups excluding carboxylic acids is 4. The van der Waals surface area contributed by atoms with Crippen molar-refractivity contribution >= 4 is 35.0 Å². The van der Waals surface area contributed by atoms with Crippen LogP contribution in [0.5, 0.6) is 0 Å². The Labute approximate surface area is 272 Å². The fraction of sp³-hybridized carbons (Fsp3) is 0.176. The molecule has 4 N–H and O–H groups in total. The van der Waals surface area contributed by atoms with Crippen LogP contribution in [0.4, 0.5) is 28.9 Å². The predicted molar refractivity (Wildman–Crippen MR) is 168 cm³/mol. The van der Waals surface area contributed by atoms with Gasteiger partial charge in [0.1, 0.15) is 23.3 Å². The van der Waals surface area contributed by atoms with E-state index in [1.165, 1.54) is 60.7 Å². The molecule has 0 aliphatic carbocycles. The van der Waals surface area contributed by atoms with E-state index in [0.29, 0.717) is 0 Å². The molecule has 4 amide bonds. The molecule has 0 heterocycles. The summed E-state index contributed by atoms with van der Waals surface area (Å²) in [5, 5.41) is 9.87. The Bertz CT molecular complexity index is 1630. The maximum Gasteiger partial charge on any atom is 0.258 e. The Morgan fingerprint density at radius 2 is 0.792 bits per heavy atom. The fourth-order valence-corrected chi connectivity index (χ4v) is 4.21. The molecule has 0 bridgehead atoms. The number of anilines is 2. The van der Waals surface area contributed by atoms with E-state index in [0.717, 1.165) is 24.3 Å². The minimum atomic E-state index is -1.01. The topological polar surface area (TPSA) is 135 Å². The molecule has 0 spiro atoms.